The summed E-state index contributed by atoms with van der Waals surface area (Å²) in [5, 5.41) is 2.96. The summed E-state index contributed by atoms with van der Waals surface area (Å²) >= 11 is 0. The highest BCUT2D eigenvalue weighted by atomic mass is 16.7. The number of nitrogens with zero attached hydrogens (tertiary/aromatic N) is 1. The topological polar surface area (TPSA) is 67.9 Å². The number of benzene rings is 2. The number of amides is 2. The molecule has 2 aromatic rings. The normalized spacial score (nSPS) is 16.0. The first-order valence-electron chi connectivity index (χ1n) is 10.0. The highest BCUT2D eigenvalue weighted by molar-refractivity contribution is 5.93. The summed E-state index contributed by atoms with van der Waals surface area (Å²) in [7, 11) is 0. The lowest BCUT2D eigenvalue weighted by Gasteiger charge is -2.31. The van der Waals surface area contributed by atoms with Gasteiger partial charge in [0, 0.05) is 30.8 Å². The van der Waals surface area contributed by atoms with Crippen molar-refractivity contribution in [2.75, 3.05) is 25.2 Å². The molecule has 1 fully saturated rings. The SMILES string of the molecule is Cc1ccc(CC(=O)N2CCC(C(=O)Nc3ccc4c(c3)OCO4)CC2)cc1C. The third-order valence-electron chi connectivity index (χ3n) is 5.79. The molecule has 0 aromatic heterocycles. The largest absolute Gasteiger partial charge is 0.454 e. The number of carbonyl (C=O) groups is 2. The number of ether oxygens (including phenoxy) is 2. The van der Waals surface area contributed by atoms with Crippen LogP contribution >= 0.6 is 0 Å². The lowest BCUT2D eigenvalue weighted by molar-refractivity contribution is -0.133. The van der Waals surface area contributed by atoms with Crippen LogP contribution in [0.25, 0.3) is 0 Å². The second-order valence-electron chi connectivity index (χ2n) is 7.81. The van der Waals surface area contributed by atoms with Crippen LogP contribution in [-0.4, -0.2) is 36.6 Å². The molecule has 0 atom stereocenters. The number of nitrogens with one attached hydrogen (secondary N) is 1. The minimum Gasteiger partial charge on any atom is -0.454 e. The van der Waals surface area contributed by atoms with Crippen LogP contribution in [0, 0.1) is 19.8 Å². The maximum absolute atomic E-state index is 12.6. The van der Waals surface area contributed by atoms with Crippen LogP contribution in [0.3, 0.4) is 0 Å². The Hall–Kier alpha value is -3.02. The van der Waals surface area contributed by atoms with Crippen LogP contribution < -0.4 is 14.8 Å². The lowest BCUT2D eigenvalue weighted by Crippen LogP contribution is -2.42. The van der Waals surface area contributed by atoms with E-state index in [-0.39, 0.29) is 24.5 Å². The smallest absolute Gasteiger partial charge is 0.231 e. The maximum Gasteiger partial charge on any atom is 0.231 e. The minimum absolute atomic E-state index is 0.00914. The van der Waals surface area contributed by atoms with E-state index in [1.165, 1.54) is 11.1 Å². The van der Waals surface area contributed by atoms with E-state index in [1.54, 1.807) is 12.1 Å². The van der Waals surface area contributed by atoms with Crippen LogP contribution in [0.5, 0.6) is 11.5 Å². The van der Waals surface area contributed by atoms with Gasteiger partial charge in [0.2, 0.25) is 18.6 Å². The molecule has 6 nitrogen and oxygen atoms in total. The van der Waals surface area contributed by atoms with Gasteiger partial charge in [0.25, 0.3) is 0 Å². The number of carbonyl (C=O) groups excluding carboxylic acids is 2. The fourth-order valence-electron chi connectivity index (χ4n) is 3.81. The number of aryl methyl sites for hydroxylation is 2. The molecule has 0 aliphatic carbocycles. The highest BCUT2D eigenvalue weighted by Crippen LogP contribution is 2.34. The van der Waals surface area contributed by atoms with E-state index >= 15 is 0 Å². The van der Waals surface area contributed by atoms with Crippen molar-refractivity contribution in [3.05, 3.63) is 53.1 Å². The molecule has 1 N–H and O–H groups in total. The summed E-state index contributed by atoms with van der Waals surface area (Å²) in [5.74, 6) is 1.37. The Kier molecular flexibility index (Phi) is 5.43. The Morgan fingerprint density at radius 1 is 1.00 bits per heavy atom. The molecule has 2 aromatic carbocycles. The third kappa shape index (κ3) is 4.36. The van der Waals surface area contributed by atoms with Crippen molar-refractivity contribution in [2.45, 2.75) is 33.1 Å². The molecule has 2 amide bonds. The maximum atomic E-state index is 12.6. The van der Waals surface area contributed by atoms with Crippen LogP contribution in [0.2, 0.25) is 0 Å². The molecule has 1 saturated heterocycles. The Morgan fingerprint density at radius 2 is 1.76 bits per heavy atom. The minimum atomic E-state index is -0.0916. The molecule has 0 saturated carbocycles. The van der Waals surface area contributed by atoms with E-state index in [1.807, 2.05) is 17.0 Å². The zero-order valence-corrected chi connectivity index (χ0v) is 16.9. The van der Waals surface area contributed by atoms with Crippen LogP contribution in [0.4, 0.5) is 5.69 Å². The van der Waals surface area contributed by atoms with Crippen molar-refractivity contribution >= 4 is 17.5 Å². The molecule has 29 heavy (non-hydrogen) atoms. The zero-order chi connectivity index (χ0) is 20.4. The summed E-state index contributed by atoms with van der Waals surface area (Å²) < 4.78 is 10.6. The first-order chi connectivity index (χ1) is 14.0. The van der Waals surface area contributed by atoms with Crippen molar-refractivity contribution < 1.29 is 19.1 Å². The van der Waals surface area contributed by atoms with Gasteiger partial charge in [-0.2, -0.15) is 0 Å². The molecule has 2 aliphatic rings. The van der Waals surface area contributed by atoms with Gasteiger partial charge < -0.3 is 19.7 Å². The molecule has 2 aliphatic heterocycles. The Bertz CT molecular complexity index is 932. The second-order valence-corrected chi connectivity index (χ2v) is 7.81. The predicted octanol–water partition coefficient (Wildman–Crippen LogP) is 3.45. The molecule has 0 bridgehead atoms. The molecular formula is C23H26N2O4. The molecule has 6 heteroatoms. The Balaban J connectivity index is 1.28. The average molecular weight is 394 g/mol. The number of rotatable bonds is 4. The fraction of sp³-hybridized carbons (Fsp3) is 0.391. The number of hydrogen-bond acceptors (Lipinski definition) is 4. The van der Waals surface area contributed by atoms with Crippen LogP contribution in [0.1, 0.15) is 29.5 Å². The van der Waals surface area contributed by atoms with E-state index in [9.17, 15) is 9.59 Å². The number of anilines is 1. The molecule has 2 heterocycles. The first-order valence-corrected chi connectivity index (χ1v) is 10.0. The number of piperidine rings is 1. The molecular weight excluding hydrogens is 368 g/mol. The highest BCUT2D eigenvalue weighted by Gasteiger charge is 2.27. The van der Waals surface area contributed by atoms with Gasteiger partial charge in [-0.3, -0.25) is 9.59 Å². The van der Waals surface area contributed by atoms with Crippen molar-refractivity contribution in [1.29, 1.82) is 0 Å². The summed E-state index contributed by atoms with van der Waals surface area (Å²) in [6, 6.07) is 11.6. The van der Waals surface area contributed by atoms with Crippen molar-refractivity contribution in [3.63, 3.8) is 0 Å². The Morgan fingerprint density at radius 3 is 2.52 bits per heavy atom. The van der Waals surface area contributed by atoms with E-state index in [0.717, 1.165) is 5.56 Å². The second kappa shape index (κ2) is 8.15. The molecule has 4 rings (SSSR count). The molecule has 152 valence electrons. The summed E-state index contributed by atoms with van der Waals surface area (Å²) in [6.07, 6.45) is 1.76. The van der Waals surface area contributed by atoms with Gasteiger partial charge in [0.15, 0.2) is 11.5 Å². The molecule has 0 radical (unpaired) electrons. The van der Waals surface area contributed by atoms with Gasteiger partial charge in [-0.1, -0.05) is 18.2 Å². The van der Waals surface area contributed by atoms with Gasteiger partial charge in [0.05, 0.1) is 6.42 Å². The monoisotopic (exact) mass is 394 g/mol. The van der Waals surface area contributed by atoms with Crippen molar-refractivity contribution in [2.24, 2.45) is 5.92 Å². The summed E-state index contributed by atoms with van der Waals surface area (Å²) in [4.78, 5) is 27.1. The van der Waals surface area contributed by atoms with Gasteiger partial charge in [-0.05, 0) is 55.5 Å². The average Bonchev–Trinajstić information content (AvgIpc) is 3.18. The standard InChI is InChI=1S/C23H26N2O4/c1-15-3-4-17(11-16(15)2)12-22(26)25-9-7-18(8-10-25)23(27)24-19-5-6-20-21(13-19)29-14-28-20/h3-6,11,13,18H,7-10,12,14H2,1-2H3,(H,24,27). The van der Waals surface area contributed by atoms with Crippen molar-refractivity contribution in [3.8, 4) is 11.5 Å². The Labute approximate surface area is 170 Å². The lowest BCUT2D eigenvalue weighted by atomic mass is 9.95. The molecule has 0 unspecified atom stereocenters. The van der Waals surface area contributed by atoms with E-state index < -0.39 is 0 Å². The first kappa shape index (κ1) is 19.3. The third-order valence-corrected chi connectivity index (χ3v) is 5.79. The van der Waals surface area contributed by atoms with E-state index in [4.69, 9.17) is 9.47 Å². The predicted molar refractivity (Wildman–Crippen MR) is 110 cm³/mol. The van der Waals surface area contributed by atoms with Gasteiger partial charge in [-0.15, -0.1) is 0 Å². The number of likely N-dealkylation sites (tertiary alicyclic amines) is 1. The van der Waals surface area contributed by atoms with Gasteiger partial charge in [0.1, 0.15) is 0 Å². The number of fused-ring (bicyclic) bond motifs is 1. The van der Waals surface area contributed by atoms with Crippen LogP contribution in [0.15, 0.2) is 36.4 Å². The van der Waals surface area contributed by atoms with E-state index in [0.29, 0.717) is 49.5 Å². The van der Waals surface area contributed by atoms with Crippen LogP contribution in [-0.2, 0) is 16.0 Å². The number of hydrogen-bond donors (Lipinski definition) is 1. The zero-order valence-electron chi connectivity index (χ0n) is 16.9. The quantitative estimate of drug-likeness (QED) is 0.863. The fourth-order valence-corrected chi connectivity index (χ4v) is 3.81. The summed E-state index contributed by atoms with van der Waals surface area (Å²) in [5.41, 5.74) is 4.18. The van der Waals surface area contributed by atoms with E-state index in [2.05, 4.69) is 31.3 Å². The van der Waals surface area contributed by atoms with Gasteiger partial charge in [-0.25, -0.2) is 0 Å². The molecule has 0 spiro atoms. The van der Waals surface area contributed by atoms with Gasteiger partial charge >= 0.3 is 0 Å². The van der Waals surface area contributed by atoms with Crippen molar-refractivity contribution in [1.82, 2.24) is 4.90 Å². The summed E-state index contributed by atoms with van der Waals surface area (Å²) in [6.45, 7) is 5.57.